The maximum absolute atomic E-state index is 12.9. The van der Waals surface area contributed by atoms with Gasteiger partial charge in [0.05, 0.1) is 29.4 Å². The molecule has 26 heavy (non-hydrogen) atoms. The number of hydrogen-bond donors (Lipinski definition) is 0. The molecule has 0 radical (unpaired) electrons. The van der Waals surface area contributed by atoms with Crippen molar-refractivity contribution in [2.24, 2.45) is 5.92 Å². The molecule has 4 rings (SSSR count). The lowest BCUT2D eigenvalue weighted by Gasteiger charge is -2.22. The molecular weight excluding hydrogens is 350 g/mol. The highest BCUT2D eigenvalue weighted by Crippen LogP contribution is 2.25. The van der Waals surface area contributed by atoms with E-state index < -0.39 is 0 Å². The summed E-state index contributed by atoms with van der Waals surface area (Å²) in [6.07, 6.45) is 8.06. The van der Waals surface area contributed by atoms with Gasteiger partial charge in [0.1, 0.15) is 5.65 Å². The summed E-state index contributed by atoms with van der Waals surface area (Å²) < 4.78 is 1.93. The Morgan fingerprint density at radius 1 is 1.31 bits per heavy atom. The number of hydrogen-bond acceptors (Lipinski definition) is 4. The van der Waals surface area contributed by atoms with Crippen molar-refractivity contribution in [1.29, 1.82) is 0 Å². The van der Waals surface area contributed by atoms with Gasteiger partial charge in [-0.3, -0.25) is 9.78 Å². The molecule has 0 spiro atoms. The van der Waals surface area contributed by atoms with E-state index >= 15 is 0 Å². The Morgan fingerprint density at radius 3 is 2.92 bits per heavy atom. The molecule has 1 unspecified atom stereocenters. The maximum atomic E-state index is 12.9. The Balaban J connectivity index is 1.44. The number of imidazole rings is 1. The summed E-state index contributed by atoms with van der Waals surface area (Å²) in [4.78, 5) is 25.3. The number of amides is 1. The van der Waals surface area contributed by atoms with Crippen LogP contribution in [0.2, 0.25) is 5.02 Å². The SMILES string of the molecule is CN(Cc1cnc2ccc(Cl)cn12)C(=O)C1CCN(c2ccncc2)C1. The zero-order valence-electron chi connectivity index (χ0n) is 14.5. The largest absolute Gasteiger partial charge is 0.371 e. The normalized spacial score (nSPS) is 17.0. The van der Waals surface area contributed by atoms with Crippen LogP contribution < -0.4 is 4.90 Å². The number of rotatable bonds is 4. The van der Waals surface area contributed by atoms with Crippen molar-refractivity contribution in [2.75, 3.05) is 25.0 Å². The van der Waals surface area contributed by atoms with E-state index in [4.69, 9.17) is 11.6 Å². The minimum Gasteiger partial charge on any atom is -0.371 e. The Kier molecular flexibility index (Phi) is 4.51. The number of halogens is 1. The molecule has 1 fully saturated rings. The molecule has 6 nitrogen and oxygen atoms in total. The van der Waals surface area contributed by atoms with E-state index in [1.54, 1.807) is 23.5 Å². The second kappa shape index (κ2) is 6.96. The standard InChI is InChI=1S/C19H20ClN5O/c1-23(13-17-10-22-18-3-2-15(20)12-25(17)18)19(26)14-6-9-24(11-14)16-4-7-21-8-5-16/h2-5,7-8,10,12,14H,6,9,11,13H2,1H3. The molecular formula is C19H20ClN5O. The third-order valence-corrected chi connectivity index (χ3v) is 5.11. The molecule has 1 saturated heterocycles. The number of carbonyl (C=O) groups excluding carboxylic acids is 1. The molecule has 0 aromatic carbocycles. The molecule has 0 aliphatic carbocycles. The lowest BCUT2D eigenvalue weighted by molar-refractivity contribution is -0.134. The van der Waals surface area contributed by atoms with E-state index in [9.17, 15) is 4.79 Å². The van der Waals surface area contributed by atoms with Crippen LogP contribution in [0.5, 0.6) is 0 Å². The summed E-state index contributed by atoms with van der Waals surface area (Å²) in [5, 5.41) is 0.648. The fraction of sp³-hybridized carbons (Fsp3) is 0.316. The third-order valence-electron chi connectivity index (χ3n) is 4.89. The van der Waals surface area contributed by atoms with E-state index in [0.29, 0.717) is 11.6 Å². The van der Waals surface area contributed by atoms with Gasteiger partial charge in [-0.1, -0.05) is 11.6 Å². The quantitative estimate of drug-likeness (QED) is 0.709. The van der Waals surface area contributed by atoms with Crippen molar-refractivity contribution in [1.82, 2.24) is 19.3 Å². The fourth-order valence-electron chi connectivity index (χ4n) is 3.51. The van der Waals surface area contributed by atoms with E-state index in [2.05, 4.69) is 14.9 Å². The van der Waals surface area contributed by atoms with Crippen LogP contribution in [0.1, 0.15) is 12.1 Å². The molecule has 3 aromatic rings. The molecule has 0 saturated carbocycles. The summed E-state index contributed by atoms with van der Waals surface area (Å²) in [6, 6.07) is 7.66. The first-order valence-electron chi connectivity index (χ1n) is 8.63. The fourth-order valence-corrected chi connectivity index (χ4v) is 3.67. The second-order valence-corrected chi connectivity index (χ2v) is 7.09. The van der Waals surface area contributed by atoms with Crippen LogP contribution in [-0.4, -0.2) is 45.3 Å². The van der Waals surface area contributed by atoms with Gasteiger partial charge in [0.25, 0.3) is 0 Å². The van der Waals surface area contributed by atoms with E-state index in [0.717, 1.165) is 36.5 Å². The number of aromatic nitrogens is 3. The van der Waals surface area contributed by atoms with Crippen molar-refractivity contribution >= 4 is 28.8 Å². The Bertz CT molecular complexity index is 926. The van der Waals surface area contributed by atoms with Crippen LogP contribution in [0.25, 0.3) is 5.65 Å². The Labute approximate surface area is 157 Å². The van der Waals surface area contributed by atoms with E-state index in [1.807, 2.05) is 41.9 Å². The van der Waals surface area contributed by atoms with Gasteiger partial charge < -0.3 is 14.2 Å². The minimum absolute atomic E-state index is 0.0101. The van der Waals surface area contributed by atoms with Crippen molar-refractivity contribution in [3.63, 3.8) is 0 Å². The van der Waals surface area contributed by atoms with Crippen molar-refractivity contribution in [3.8, 4) is 0 Å². The Hall–Kier alpha value is -2.60. The molecule has 1 aliphatic heterocycles. The Morgan fingerprint density at radius 2 is 2.12 bits per heavy atom. The second-order valence-electron chi connectivity index (χ2n) is 6.66. The highest BCUT2D eigenvalue weighted by molar-refractivity contribution is 6.30. The van der Waals surface area contributed by atoms with Gasteiger partial charge >= 0.3 is 0 Å². The predicted molar refractivity (Wildman–Crippen MR) is 101 cm³/mol. The van der Waals surface area contributed by atoms with Crippen molar-refractivity contribution in [2.45, 2.75) is 13.0 Å². The maximum Gasteiger partial charge on any atom is 0.227 e. The molecule has 7 heteroatoms. The first-order valence-corrected chi connectivity index (χ1v) is 9.01. The van der Waals surface area contributed by atoms with Gasteiger partial charge in [0, 0.05) is 44.4 Å². The molecule has 1 atom stereocenters. The summed E-state index contributed by atoms with van der Waals surface area (Å²) in [5.41, 5.74) is 2.90. The van der Waals surface area contributed by atoms with Crippen molar-refractivity contribution < 1.29 is 4.79 Å². The molecule has 0 bridgehead atoms. The molecule has 1 aliphatic rings. The molecule has 1 amide bonds. The summed E-state index contributed by atoms with van der Waals surface area (Å²) in [7, 11) is 1.85. The summed E-state index contributed by atoms with van der Waals surface area (Å²) >= 11 is 6.09. The first kappa shape index (κ1) is 16.8. The van der Waals surface area contributed by atoms with Gasteiger partial charge in [-0.15, -0.1) is 0 Å². The van der Waals surface area contributed by atoms with Crippen molar-refractivity contribution in [3.05, 3.63) is 59.8 Å². The predicted octanol–water partition coefficient (Wildman–Crippen LogP) is 2.87. The van der Waals surface area contributed by atoms with E-state index in [-0.39, 0.29) is 11.8 Å². The monoisotopic (exact) mass is 369 g/mol. The average Bonchev–Trinajstić information content (AvgIpc) is 3.29. The van der Waals surface area contributed by atoms with Gasteiger partial charge in [0.15, 0.2) is 0 Å². The average molecular weight is 370 g/mol. The van der Waals surface area contributed by atoms with Gasteiger partial charge in [0.2, 0.25) is 5.91 Å². The molecule has 3 aromatic heterocycles. The highest BCUT2D eigenvalue weighted by atomic mass is 35.5. The van der Waals surface area contributed by atoms with Crippen LogP contribution in [0.3, 0.4) is 0 Å². The smallest absolute Gasteiger partial charge is 0.227 e. The lowest BCUT2D eigenvalue weighted by Crippen LogP contribution is -2.34. The third kappa shape index (κ3) is 3.24. The molecule has 0 N–H and O–H groups in total. The number of nitrogens with zero attached hydrogens (tertiary/aromatic N) is 5. The molecule has 134 valence electrons. The summed E-state index contributed by atoms with van der Waals surface area (Å²) in [5.74, 6) is 0.175. The number of carbonyl (C=O) groups is 1. The zero-order chi connectivity index (χ0) is 18.1. The molecule has 4 heterocycles. The van der Waals surface area contributed by atoms with Gasteiger partial charge in [-0.05, 0) is 30.7 Å². The van der Waals surface area contributed by atoms with Crippen LogP contribution in [-0.2, 0) is 11.3 Å². The zero-order valence-corrected chi connectivity index (χ0v) is 15.3. The summed E-state index contributed by atoms with van der Waals surface area (Å²) in [6.45, 7) is 2.14. The number of pyridine rings is 2. The number of anilines is 1. The number of fused-ring (bicyclic) bond motifs is 1. The van der Waals surface area contributed by atoms with Crippen LogP contribution in [0.4, 0.5) is 5.69 Å². The van der Waals surface area contributed by atoms with Gasteiger partial charge in [-0.25, -0.2) is 4.98 Å². The van der Waals surface area contributed by atoms with Crippen LogP contribution in [0, 0.1) is 5.92 Å². The lowest BCUT2D eigenvalue weighted by atomic mass is 10.1. The van der Waals surface area contributed by atoms with Gasteiger partial charge in [-0.2, -0.15) is 0 Å². The minimum atomic E-state index is 0.0101. The first-order chi connectivity index (χ1) is 12.6. The van der Waals surface area contributed by atoms with Crippen LogP contribution >= 0.6 is 11.6 Å². The highest BCUT2D eigenvalue weighted by Gasteiger charge is 2.30. The topological polar surface area (TPSA) is 53.7 Å². The van der Waals surface area contributed by atoms with Crippen LogP contribution in [0.15, 0.2) is 49.1 Å². The van der Waals surface area contributed by atoms with E-state index in [1.165, 1.54) is 0 Å².